The fourth-order valence-corrected chi connectivity index (χ4v) is 1.97. The van der Waals surface area contributed by atoms with Crippen molar-refractivity contribution in [1.29, 1.82) is 0 Å². The number of aromatic nitrogens is 2. The second-order valence-electron chi connectivity index (χ2n) is 4.03. The molecular weight excluding hydrogens is 198 g/mol. The Bertz CT molecular complexity index is 525. The Balaban J connectivity index is 1.87. The third-order valence-corrected chi connectivity index (χ3v) is 2.81. The summed E-state index contributed by atoms with van der Waals surface area (Å²) in [6.07, 6.45) is 8.36. The summed E-state index contributed by atoms with van der Waals surface area (Å²) < 4.78 is 0. The maximum absolute atomic E-state index is 4.54. The first-order valence-electron chi connectivity index (χ1n) is 5.55. The molecule has 3 heteroatoms. The number of anilines is 1. The lowest BCUT2D eigenvalue weighted by molar-refractivity contribution is 0.781. The highest BCUT2D eigenvalue weighted by Crippen LogP contribution is 2.16. The van der Waals surface area contributed by atoms with E-state index < -0.39 is 0 Å². The number of benzene rings is 1. The van der Waals surface area contributed by atoms with Crippen LogP contribution in [-0.2, 0) is 0 Å². The highest BCUT2D eigenvalue weighted by atomic mass is 15.0. The van der Waals surface area contributed by atoms with Gasteiger partial charge in [0, 0.05) is 6.04 Å². The van der Waals surface area contributed by atoms with E-state index in [0.717, 1.165) is 29.7 Å². The van der Waals surface area contributed by atoms with E-state index in [9.17, 15) is 0 Å². The van der Waals surface area contributed by atoms with Gasteiger partial charge in [-0.25, -0.2) is 4.98 Å². The fourth-order valence-electron chi connectivity index (χ4n) is 1.97. The normalized spacial score (nSPS) is 15.8. The molecule has 0 amide bonds. The summed E-state index contributed by atoms with van der Waals surface area (Å²) in [5, 5.41) is 3.40. The van der Waals surface area contributed by atoms with Crippen LogP contribution in [0.5, 0.6) is 0 Å². The van der Waals surface area contributed by atoms with Gasteiger partial charge in [-0.15, -0.1) is 0 Å². The lowest BCUT2D eigenvalue weighted by atomic mass is 10.2. The van der Waals surface area contributed by atoms with Crippen LogP contribution in [0.15, 0.2) is 42.6 Å². The predicted octanol–water partition coefficient (Wildman–Crippen LogP) is 2.76. The van der Waals surface area contributed by atoms with Crippen molar-refractivity contribution >= 4 is 16.9 Å². The monoisotopic (exact) mass is 211 g/mol. The van der Waals surface area contributed by atoms with Crippen molar-refractivity contribution in [3.8, 4) is 0 Å². The second-order valence-corrected chi connectivity index (χ2v) is 4.03. The van der Waals surface area contributed by atoms with Crippen LogP contribution >= 0.6 is 0 Å². The molecule has 1 aromatic heterocycles. The van der Waals surface area contributed by atoms with E-state index in [0.29, 0.717) is 6.04 Å². The summed E-state index contributed by atoms with van der Waals surface area (Å²) in [5.41, 5.74) is 1.89. The molecule has 16 heavy (non-hydrogen) atoms. The molecule has 0 saturated heterocycles. The van der Waals surface area contributed by atoms with Crippen molar-refractivity contribution in [2.24, 2.45) is 0 Å². The van der Waals surface area contributed by atoms with Gasteiger partial charge < -0.3 is 5.32 Å². The Kier molecular flexibility index (Phi) is 2.29. The Morgan fingerprint density at radius 1 is 1.06 bits per heavy atom. The first kappa shape index (κ1) is 9.33. The van der Waals surface area contributed by atoms with Gasteiger partial charge in [0.05, 0.1) is 17.2 Å². The summed E-state index contributed by atoms with van der Waals surface area (Å²) in [5.74, 6) is 0.868. The Morgan fingerprint density at radius 3 is 2.62 bits per heavy atom. The number of nitrogens with one attached hydrogen (secondary N) is 1. The van der Waals surface area contributed by atoms with Crippen LogP contribution in [0.2, 0.25) is 0 Å². The van der Waals surface area contributed by atoms with E-state index in [1.807, 2.05) is 24.3 Å². The van der Waals surface area contributed by atoms with Gasteiger partial charge in [-0.3, -0.25) is 4.98 Å². The predicted molar refractivity (Wildman–Crippen MR) is 65.3 cm³/mol. The molecular formula is C13H13N3. The quantitative estimate of drug-likeness (QED) is 0.776. The minimum absolute atomic E-state index is 0.482. The van der Waals surface area contributed by atoms with Gasteiger partial charge in [0.15, 0.2) is 0 Å². The summed E-state index contributed by atoms with van der Waals surface area (Å²) in [6, 6.07) is 8.41. The maximum Gasteiger partial charge on any atom is 0.145 e. The van der Waals surface area contributed by atoms with Gasteiger partial charge in [0.2, 0.25) is 0 Å². The minimum atomic E-state index is 0.482. The number of rotatable bonds is 2. The van der Waals surface area contributed by atoms with Gasteiger partial charge >= 0.3 is 0 Å². The summed E-state index contributed by atoms with van der Waals surface area (Å²) in [6.45, 7) is 0. The molecule has 1 aromatic carbocycles. The van der Waals surface area contributed by atoms with Gasteiger partial charge in [0.25, 0.3) is 0 Å². The molecule has 2 aromatic rings. The molecule has 0 saturated carbocycles. The molecule has 80 valence electrons. The zero-order valence-electron chi connectivity index (χ0n) is 8.93. The largest absolute Gasteiger partial charge is 0.365 e. The van der Waals surface area contributed by atoms with Crippen LogP contribution < -0.4 is 5.32 Å². The number of para-hydroxylation sites is 2. The molecule has 0 spiro atoms. The fraction of sp³-hybridized carbons (Fsp3) is 0.231. The molecule has 1 N–H and O–H groups in total. The first-order valence-corrected chi connectivity index (χ1v) is 5.55. The maximum atomic E-state index is 4.54. The molecule has 1 aliphatic carbocycles. The lowest BCUT2D eigenvalue weighted by Crippen LogP contribution is -2.16. The topological polar surface area (TPSA) is 37.8 Å². The zero-order valence-corrected chi connectivity index (χ0v) is 8.93. The van der Waals surface area contributed by atoms with E-state index in [2.05, 4.69) is 27.4 Å². The SMILES string of the molecule is C1=CCC(Nc2cnc3ccccc3n2)C1. The van der Waals surface area contributed by atoms with Gasteiger partial charge in [-0.1, -0.05) is 24.3 Å². The molecule has 3 nitrogen and oxygen atoms in total. The average Bonchev–Trinajstić information content (AvgIpc) is 2.82. The standard InChI is InChI=1S/C13H13N3/c1-2-6-10(5-1)15-13-9-14-11-7-3-4-8-12(11)16-13/h1-4,7-10H,5-6H2,(H,15,16). The number of hydrogen-bond donors (Lipinski definition) is 1. The highest BCUT2D eigenvalue weighted by molar-refractivity contribution is 5.75. The van der Waals surface area contributed by atoms with Crippen LogP contribution in [0.25, 0.3) is 11.0 Å². The molecule has 0 aliphatic heterocycles. The average molecular weight is 211 g/mol. The van der Waals surface area contributed by atoms with Gasteiger partial charge in [-0.05, 0) is 25.0 Å². The van der Waals surface area contributed by atoms with Crippen molar-refractivity contribution in [1.82, 2.24) is 9.97 Å². The second kappa shape index (κ2) is 3.93. The molecule has 0 radical (unpaired) electrons. The number of fused-ring (bicyclic) bond motifs is 1. The van der Waals surface area contributed by atoms with Gasteiger partial charge in [0.1, 0.15) is 5.82 Å². The molecule has 0 fully saturated rings. The summed E-state index contributed by atoms with van der Waals surface area (Å²) in [7, 11) is 0. The van der Waals surface area contributed by atoms with Gasteiger partial charge in [-0.2, -0.15) is 0 Å². The van der Waals surface area contributed by atoms with E-state index >= 15 is 0 Å². The molecule has 0 unspecified atom stereocenters. The van der Waals surface area contributed by atoms with Crippen LogP contribution in [0.1, 0.15) is 12.8 Å². The van der Waals surface area contributed by atoms with E-state index in [1.165, 1.54) is 0 Å². The molecule has 1 heterocycles. The van der Waals surface area contributed by atoms with Crippen LogP contribution in [0, 0.1) is 0 Å². The van der Waals surface area contributed by atoms with E-state index in [1.54, 1.807) is 6.20 Å². The summed E-state index contributed by atoms with van der Waals surface area (Å²) in [4.78, 5) is 8.92. The molecule has 0 atom stereocenters. The summed E-state index contributed by atoms with van der Waals surface area (Å²) >= 11 is 0. The number of nitrogens with zero attached hydrogens (tertiary/aromatic N) is 2. The zero-order chi connectivity index (χ0) is 10.8. The Hall–Kier alpha value is -1.90. The highest BCUT2D eigenvalue weighted by Gasteiger charge is 2.10. The Morgan fingerprint density at radius 2 is 1.81 bits per heavy atom. The Labute approximate surface area is 94.2 Å². The van der Waals surface area contributed by atoms with E-state index in [-0.39, 0.29) is 0 Å². The van der Waals surface area contributed by atoms with Crippen molar-refractivity contribution in [3.05, 3.63) is 42.6 Å². The van der Waals surface area contributed by atoms with Crippen molar-refractivity contribution < 1.29 is 0 Å². The first-order chi connectivity index (χ1) is 7.92. The van der Waals surface area contributed by atoms with E-state index in [4.69, 9.17) is 0 Å². The minimum Gasteiger partial charge on any atom is -0.365 e. The molecule has 0 bridgehead atoms. The van der Waals surface area contributed by atoms with Crippen molar-refractivity contribution in [3.63, 3.8) is 0 Å². The number of hydrogen-bond acceptors (Lipinski definition) is 3. The smallest absolute Gasteiger partial charge is 0.145 e. The third-order valence-electron chi connectivity index (χ3n) is 2.81. The van der Waals surface area contributed by atoms with Crippen molar-refractivity contribution in [2.75, 3.05) is 5.32 Å². The van der Waals surface area contributed by atoms with Crippen LogP contribution in [-0.4, -0.2) is 16.0 Å². The van der Waals surface area contributed by atoms with Crippen molar-refractivity contribution in [2.45, 2.75) is 18.9 Å². The third kappa shape index (κ3) is 1.76. The molecule has 1 aliphatic rings. The lowest BCUT2D eigenvalue weighted by Gasteiger charge is -2.12. The molecule has 3 rings (SSSR count). The van der Waals surface area contributed by atoms with Crippen LogP contribution in [0.3, 0.4) is 0 Å². The van der Waals surface area contributed by atoms with Crippen LogP contribution in [0.4, 0.5) is 5.82 Å².